The number of rotatable bonds is 3. The smallest absolute Gasteiger partial charge is 0.450 e. The number of alkyl halides is 1. The molecule has 4 nitrogen and oxygen atoms in total. The van der Waals surface area contributed by atoms with Crippen molar-refractivity contribution < 1.29 is 14.6 Å². The van der Waals surface area contributed by atoms with E-state index in [-0.39, 0.29) is 6.61 Å². The molecule has 5 heteroatoms. The van der Waals surface area contributed by atoms with Crippen LogP contribution in [0.1, 0.15) is 13.8 Å². The fourth-order valence-corrected chi connectivity index (χ4v) is 0.559. The van der Waals surface area contributed by atoms with Crippen LogP contribution in [0.4, 0.5) is 4.79 Å². The fraction of sp³-hybridized carbons (Fsp3) is 0.714. The van der Waals surface area contributed by atoms with Crippen molar-refractivity contribution >= 4 is 17.8 Å². The Morgan fingerprint density at radius 3 is 2.67 bits per heavy atom. The summed E-state index contributed by atoms with van der Waals surface area (Å²) < 4.78 is 4.31. The predicted molar refractivity (Wildman–Crippen MR) is 43.0 cm³/mol. The molecule has 1 N–H and O–H groups in total. The molecule has 0 aliphatic carbocycles. The minimum absolute atomic E-state index is 0.0793. The van der Waals surface area contributed by atoms with Crippen LogP contribution in [0.2, 0.25) is 0 Å². The first-order valence-electron chi connectivity index (χ1n) is 3.29. The van der Waals surface area contributed by atoms with Crippen molar-refractivity contribution in [2.45, 2.75) is 19.2 Å². The Morgan fingerprint density at radius 1 is 1.83 bits per heavy atom. The van der Waals surface area contributed by atoms with E-state index in [2.05, 4.69) is 4.74 Å². The molecule has 68 valence electrons. The van der Waals surface area contributed by atoms with E-state index in [0.29, 0.717) is 0 Å². The van der Waals surface area contributed by atoms with Gasteiger partial charge in [-0.2, -0.15) is 5.26 Å². The topological polar surface area (TPSA) is 70.3 Å². The summed E-state index contributed by atoms with van der Waals surface area (Å²) in [6.07, 6.45) is -1.36. The Morgan fingerprint density at radius 2 is 2.33 bits per heavy atom. The average Bonchev–Trinajstić information content (AvgIpc) is 1.99. The molecule has 0 amide bonds. The van der Waals surface area contributed by atoms with Gasteiger partial charge in [0.15, 0.2) is 0 Å². The summed E-state index contributed by atoms with van der Waals surface area (Å²) in [4.78, 5) is 10.0. The monoisotopic (exact) mass is 191 g/mol. The Balaban J connectivity index is 4.05. The molecule has 0 aromatic rings. The predicted octanol–water partition coefficient (Wildman–Crippen LogP) is 1.84. The zero-order valence-corrected chi connectivity index (χ0v) is 7.63. The first kappa shape index (κ1) is 11.1. The van der Waals surface area contributed by atoms with Gasteiger partial charge in [0.05, 0.1) is 6.07 Å². The number of hydrogen-bond donors (Lipinski definition) is 1. The molecule has 0 bridgehead atoms. The minimum Gasteiger partial charge on any atom is -0.450 e. The van der Waals surface area contributed by atoms with Gasteiger partial charge in [0, 0.05) is 5.41 Å². The van der Waals surface area contributed by atoms with Crippen molar-refractivity contribution in [1.29, 1.82) is 5.26 Å². The molecule has 12 heavy (non-hydrogen) atoms. The lowest BCUT2D eigenvalue weighted by Crippen LogP contribution is -2.30. The third-order valence-corrected chi connectivity index (χ3v) is 2.06. The van der Waals surface area contributed by atoms with Crippen LogP contribution in [-0.2, 0) is 4.74 Å². The van der Waals surface area contributed by atoms with Gasteiger partial charge in [-0.05, 0) is 0 Å². The molecular weight excluding hydrogens is 182 g/mol. The van der Waals surface area contributed by atoms with Gasteiger partial charge in [0.25, 0.3) is 0 Å². The Labute approximate surface area is 75.7 Å². The van der Waals surface area contributed by atoms with Gasteiger partial charge in [0.1, 0.15) is 12.0 Å². The molecule has 0 spiro atoms. The normalized spacial score (nSPS) is 13.2. The van der Waals surface area contributed by atoms with Gasteiger partial charge >= 0.3 is 6.16 Å². The summed E-state index contributed by atoms with van der Waals surface area (Å²) >= 11 is 5.61. The number of nitrogens with zero attached hydrogens (tertiary/aromatic N) is 1. The van der Waals surface area contributed by atoms with Crippen LogP contribution in [0.25, 0.3) is 0 Å². The van der Waals surface area contributed by atoms with Crippen molar-refractivity contribution in [3.05, 3.63) is 0 Å². The number of carboxylic acid groups (broad SMARTS) is 1. The standard InChI is InChI=1S/C7H10ClNO3/c1-7(2,5(8)3-9)4-12-6(10)11/h5H,4H2,1-2H3,(H,10,11). The number of nitriles is 1. The summed E-state index contributed by atoms with van der Waals surface area (Å²) in [7, 11) is 0. The van der Waals surface area contributed by atoms with Gasteiger partial charge in [-0.3, -0.25) is 0 Å². The van der Waals surface area contributed by atoms with Gasteiger partial charge in [-0.15, -0.1) is 11.6 Å². The van der Waals surface area contributed by atoms with E-state index >= 15 is 0 Å². The van der Waals surface area contributed by atoms with Crippen LogP contribution < -0.4 is 0 Å². The third kappa shape index (κ3) is 3.44. The van der Waals surface area contributed by atoms with Crippen molar-refractivity contribution in [2.75, 3.05) is 6.61 Å². The highest BCUT2D eigenvalue weighted by atomic mass is 35.5. The van der Waals surface area contributed by atoms with Gasteiger partial charge in [0.2, 0.25) is 0 Å². The lowest BCUT2D eigenvalue weighted by molar-refractivity contribution is 0.0592. The second-order valence-electron chi connectivity index (χ2n) is 3.03. The second-order valence-corrected chi connectivity index (χ2v) is 3.47. The summed E-state index contributed by atoms with van der Waals surface area (Å²) in [5.74, 6) is 0. The molecule has 0 saturated heterocycles. The summed E-state index contributed by atoms with van der Waals surface area (Å²) in [6, 6.07) is 1.82. The molecule has 0 fully saturated rings. The van der Waals surface area contributed by atoms with Crippen molar-refractivity contribution in [2.24, 2.45) is 5.41 Å². The van der Waals surface area contributed by atoms with Crippen molar-refractivity contribution in [1.82, 2.24) is 0 Å². The van der Waals surface area contributed by atoms with Crippen LogP contribution in [0, 0.1) is 16.7 Å². The maximum atomic E-state index is 10.0. The molecule has 0 aliphatic rings. The highest BCUT2D eigenvalue weighted by molar-refractivity contribution is 6.22. The molecule has 0 aliphatic heterocycles. The van der Waals surface area contributed by atoms with Crippen LogP contribution in [0.5, 0.6) is 0 Å². The highest BCUT2D eigenvalue weighted by Gasteiger charge is 2.29. The van der Waals surface area contributed by atoms with E-state index in [4.69, 9.17) is 22.0 Å². The largest absolute Gasteiger partial charge is 0.505 e. The zero-order chi connectivity index (χ0) is 9.78. The molecule has 0 heterocycles. The van der Waals surface area contributed by atoms with E-state index in [1.54, 1.807) is 13.8 Å². The van der Waals surface area contributed by atoms with Gasteiger partial charge in [-0.25, -0.2) is 4.79 Å². The fourth-order valence-electron chi connectivity index (χ4n) is 0.496. The summed E-state index contributed by atoms with van der Waals surface area (Å²) in [6.45, 7) is 3.25. The van der Waals surface area contributed by atoms with E-state index in [1.807, 2.05) is 6.07 Å². The average molecular weight is 192 g/mol. The number of halogens is 1. The number of ether oxygens (including phenoxy) is 1. The van der Waals surface area contributed by atoms with Crippen molar-refractivity contribution in [3.63, 3.8) is 0 Å². The Kier molecular flexibility index (Phi) is 3.84. The van der Waals surface area contributed by atoms with Crippen molar-refractivity contribution in [3.8, 4) is 6.07 Å². The summed E-state index contributed by atoms with van der Waals surface area (Å²) in [5.41, 5.74) is -0.658. The Hall–Kier alpha value is -0.950. The molecule has 0 saturated carbocycles. The molecule has 1 atom stereocenters. The third-order valence-electron chi connectivity index (χ3n) is 1.37. The molecular formula is C7H10ClNO3. The maximum Gasteiger partial charge on any atom is 0.505 e. The lowest BCUT2D eigenvalue weighted by atomic mass is 9.91. The van der Waals surface area contributed by atoms with Crippen LogP contribution in [0.15, 0.2) is 0 Å². The summed E-state index contributed by atoms with van der Waals surface area (Å²) in [5, 5.41) is 15.9. The van der Waals surface area contributed by atoms with Crippen LogP contribution in [-0.4, -0.2) is 23.2 Å². The number of carbonyl (C=O) groups is 1. The minimum atomic E-state index is -1.36. The van der Waals surface area contributed by atoms with E-state index in [9.17, 15) is 4.79 Å². The molecule has 0 aromatic heterocycles. The van der Waals surface area contributed by atoms with E-state index < -0.39 is 16.9 Å². The molecule has 1 unspecified atom stereocenters. The first-order valence-corrected chi connectivity index (χ1v) is 3.73. The van der Waals surface area contributed by atoms with Crippen LogP contribution in [0.3, 0.4) is 0 Å². The Bertz CT molecular complexity index is 209. The van der Waals surface area contributed by atoms with Gasteiger partial charge in [-0.1, -0.05) is 13.8 Å². The quantitative estimate of drug-likeness (QED) is 0.546. The second kappa shape index (κ2) is 4.17. The first-order chi connectivity index (χ1) is 5.40. The van der Waals surface area contributed by atoms with Gasteiger partial charge < -0.3 is 9.84 Å². The lowest BCUT2D eigenvalue weighted by Gasteiger charge is -2.23. The van der Waals surface area contributed by atoms with E-state index in [0.717, 1.165) is 0 Å². The SMILES string of the molecule is CC(C)(COC(=O)O)C(Cl)C#N. The molecule has 0 radical (unpaired) electrons. The molecule has 0 aromatic carbocycles. The maximum absolute atomic E-state index is 10.0. The highest BCUT2D eigenvalue weighted by Crippen LogP contribution is 2.25. The van der Waals surface area contributed by atoms with Crippen LogP contribution >= 0.6 is 11.6 Å². The number of hydrogen-bond acceptors (Lipinski definition) is 3. The van der Waals surface area contributed by atoms with E-state index in [1.165, 1.54) is 0 Å². The zero-order valence-electron chi connectivity index (χ0n) is 6.87. The molecule has 0 rings (SSSR count).